The van der Waals surface area contributed by atoms with Crippen LogP contribution in [-0.4, -0.2) is 39.8 Å². The first-order valence-electron chi connectivity index (χ1n) is 7.46. The molecule has 6 nitrogen and oxygen atoms in total. The van der Waals surface area contributed by atoms with Crippen molar-refractivity contribution in [2.75, 3.05) is 30.4 Å². The summed E-state index contributed by atoms with van der Waals surface area (Å²) in [6.45, 7) is 4.71. The van der Waals surface area contributed by atoms with Gasteiger partial charge in [-0.3, -0.25) is 4.79 Å². The average Bonchev–Trinajstić information content (AvgIpc) is 2.79. The van der Waals surface area contributed by atoms with Crippen molar-refractivity contribution < 1.29 is 26.6 Å². The number of carbonyl (C=O) groups excluding carboxylic acids is 1. The Hall–Kier alpha value is -1.83. The minimum Gasteiger partial charge on any atom is -0.494 e. The molecule has 0 aliphatic carbocycles. The van der Waals surface area contributed by atoms with Gasteiger partial charge in [-0.15, -0.1) is 3.89 Å². The molecule has 8 heteroatoms. The lowest BCUT2D eigenvalue weighted by atomic mass is 10.1. The van der Waals surface area contributed by atoms with E-state index in [1.807, 2.05) is 13.8 Å². The van der Waals surface area contributed by atoms with Gasteiger partial charge < -0.3 is 14.4 Å². The molecular weight excluding hydrogens is 325 g/mol. The van der Waals surface area contributed by atoms with Gasteiger partial charge in [-0.2, -0.15) is 8.42 Å². The van der Waals surface area contributed by atoms with Crippen LogP contribution in [0.2, 0.25) is 0 Å². The number of rotatable bonds is 7. The van der Waals surface area contributed by atoms with Crippen molar-refractivity contribution in [2.45, 2.75) is 20.3 Å². The molecular formula is C15H20FNO5S. The maximum atomic E-state index is 12.9. The molecule has 1 aromatic carbocycles. The van der Waals surface area contributed by atoms with Crippen LogP contribution in [0.3, 0.4) is 0 Å². The number of benzene rings is 1. The van der Waals surface area contributed by atoms with Crippen molar-refractivity contribution in [2.24, 2.45) is 5.92 Å². The Labute approximate surface area is 135 Å². The molecule has 1 aromatic rings. The second-order valence-electron chi connectivity index (χ2n) is 5.28. The zero-order valence-corrected chi connectivity index (χ0v) is 13.9. The fourth-order valence-corrected chi connectivity index (χ4v) is 3.44. The Bertz CT molecular complexity index is 676. The van der Waals surface area contributed by atoms with Crippen LogP contribution in [0.15, 0.2) is 18.2 Å². The van der Waals surface area contributed by atoms with Crippen molar-refractivity contribution in [1.82, 2.24) is 0 Å². The Balaban J connectivity index is 2.28. The maximum Gasteiger partial charge on any atom is 0.302 e. The number of amides is 1. The Morgan fingerprint density at radius 3 is 2.57 bits per heavy atom. The highest BCUT2D eigenvalue weighted by molar-refractivity contribution is 7.86. The molecule has 1 aliphatic rings. The molecule has 1 aliphatic heterocycles. The maximum absolute atomic E-state index is 12.9. The van der Waals surface area contributed by atoms with Gasteiger partial charge in [0.15, 0.2) is 0 Å². The van der Waals surface area contributed by atoms with Gasteiger partial charge in [0, 0.05) is 24.9 Å². The molecule has 1 fully saturated rings. The molecule has 1 unspecified atom stereocenters. The van der Waals surface area contributed by atoms with Gasteiger partial charge in [0.05, 0.1) is 24.7 Å². The molecule has 128 valence electrons. The first-order valence-corrected chi connectivity index (χ1v) is 9.01. The van der Waals surface area contributed by atoms with E-state index in [0.29, 0.717) is 30.4 Å². The molecule has 1 atom stereocenters. The number of nitrogens with zero attached hydrogens (tertiary/aromatic N) is 1. The highest BCUT2D eigenvalue weighted by Gasteiger charge is 2.35. The van der Waals surface area contributed by atoms with E-state index in [1.54, 1.807) is 18.2 Å². The number of anilines is 1. The number of hydrogen-bond acceptors (Lipinski definition) is 5. The van der Waals surface area contributed by atoms with E-state index in [-0.39, 0.29) is 18.9 Å². The van der Waals surface area contributed by atoms with Crippen LogP contribution >= 0.6 is 0 Å². The zero-order chi connectivity index (χ0) is 17.0. The summed E-state index contributed by atoms with van der Waals surface area (Å²) in [6.07, 6.45) is -0.00637. The second-order valence-corrected chi connectivity index (χ2v) is 6.69. The minimum absolute atomic E-state index is 0.00637. The van der Waals surface area contributed by atoms with Crippen LogP contribution in [0.25, 0.3) is 0 Å². The van der Waals surface area contributed by atoms with E-state index in [9.17, 15) is 17.1 Å². The first-order chi connectivity index (χ1) is 10.8. The van der Waals surface area contributed by atoms with Gasteiger partial charge in [-0.25, -0.2) is 0 Å². The van der Waals surface area contributed by atoms with Crippen molar-refractivity contribution in [1.29, 1.82) is 0 Å². The lowest BCUT2D eigenvalue weighted by Gasteiger charge is -2.21. The summed E-state index contributed by atoms with van der Waals surface area (Å²) in [5.41, 5.74) is 0.515. The quantitative estimate of drug-likeness (QED) is 0.708. The monoisotopic (exact) mass is 345 g/mol. The standard InChI is InChI=1S/C15H20FNO5S/c1-3-21-12-5-6-14(22-4-2)13(8-12)17-9-11(7-15(17)18)10-23(16,19)20/h5-6,8,11H,3-4,7,9-10H2,1-2H3. The Kier molecular flexibility index (Phi) is 5.46. The van der Waals surface area contributed by atoms with Crippen LogP contribution in [0.1, 0.15) is 20.3 Å². The summed E-state index contributed by atoms with van der Waals surface area (Å²) in [4.78, 5) is 13.6. The third-order valence-electron chi connectivity index (χ3n) is 3.47. The number of carbonyl (C=O) groups is 1. The van der Waals surface area contributed by atoms with Gasteiger partial charge in [0.1, 0.15) is 11.5 Å². The largest absolute Gasteiger partial charge is 0.494 e. The SMILES string of the molecule is CCOc1ccc(OCC)c(N2CC(CS(=O)(=O)F)CC2=O)c1. The van der Waals surface area contributed by atoms with Crippen molar-refractivity contribution in [3.63, 3.8) is 0 Å². The Morgan fingerprint density at radius 1 is 1.26 bits per heavy atom. The summed E-state index contributed by atoms with van der Waals surface area (Å²) in [6, 6.07) is 5.12. The Morgan fingerprint density at radius 2 is 1.96 bits per heavy atom. The van der Waals surface area contributed by atoms with E-state index < -0.39 is 21.9 Å². The van der Waals surface area contributed by atoms with Crippen molar-refractivity contribution >= 4 is 21.8 Å². The second kappa shape index (κ2) is 7.16. The molecule has 1 amide bonds. The molecule has 1 heterocycles. The molecule has 0 bridgehead atoms. The highest BCUT2D eigenvalue weighted by atomic mass is 32.3. The number of ether oxygens (including phenoxy) is 2. The average molecular weight is 345 g/mol. The molecule has 0 saturated carbocycles. The van der Waals surface area contributed by atoms with E-state index >= 15 is 0 Å². The summed E-state index contributed by atoms with van der Waals surface area (Å²) in [5, 5.41) is 0. The molecule has 23 heavy (non-hydrogen) atoms. The third-order valence-corrected chi connectivity index (χ3v) is 4.34. The minimum atomic E-state index is -4.61. The number of halogens is 1. The van der Waals surface area contributed by atoms with Gasteiger partial charge in [0.2, 0.25) is 5.91 Å². The van der Waals surface area contributed by atoms with Crippen molar-refractivity contribution in [3.05, 3.63) is 18.2 Å². The fraction of sp³-hybridized carbons (Fsp3) is 0.533. The third kappa shape index (κ3) is 4.57. The topological polar surface area (TPSA) is 72.9 Å². The van der Waals surface area contributed by atoms with Crippen LogP contribution in [0, 0.1) is 5.92 Å². The van der Waals surface area contributed by atoms with Crippen LogP contribution in [0.4, 0.5) is 9.57 Å². The van der Waals surface area contributed by atoms with Crippen LogP contribution in [0.5, 0.6) is 11.5 Å². The van der Waals surface area contributed by atoms with Crippen LogP contribution in [-0.2, 0) is 15.0 Å². The molecule has 1 saturated heterocycles. The molecule has 0 spiro atoms. The number of hydrogen-bond donors (Lipinski definition) is 0. The lowest BCUT2D eigenvalue weighted by molar-refractivity contribution is -0.117. The summed E-state index contributed by atoms with van der Waals surface area (Å²) < 4.78 is 45.4. The summed E-state index contributed by atoms with van der Waals surface area (Å²) in [7, 11) is -4.61. The van der Waals surface area contributed by atoms with Crippen LogP contribution < -0.4 is 14.4 Å². The predicted molar refractivity (Wildman–Crippen MR) is 84.1 cm³/mol. The first kappa shape index (κ1) is 17.5. The van der Waals surface area contributed by atoms with Crippen molar-refractivity contribution in [3.8, 4) is 11.5 Å². The predicted octanol–water partition coefficient (Wildman–Crippen LogP) is 2.14. The van der Waals surface area contributed by atoms with E-state index in [0.717, 1.165) is 0 Å². The van der Waals surface area contributed by atoms with E-state index in [1.165, 1.54) is 4.90 Å². The molecule has 2 rings (SSSR count). The zero-order valence-electron chi connectivity index (χ0n) is 13.1. The smallest absolute Gasteiger partial charge is 0.302 e. The van der Waals surface area contributed by atoms with Gasteiger partial charge in [0.25, 0.3) is 0 Å². The van der Waals surface area contributed by atoms with E-state index in [2.05, 4.69) is 0 Å². The molecule has 0 aromatic heterocycles. The van der Waals surface area contributed by atoms with Gasteiger partial charge >= 0.3 is 10.2 Å². The van der Waals surface area contributed by atoms with Gasteiger partial charge in [-0.1, -0.05) is 0 Å². The summed E-state index contributed by atoms with van der Waals surface area (Å²) >= 11 is 0. The molecule has 0 N–H and O–H groups in total. The van der Waals surface area contributed by atoms with Gasteiger partial charge in [-0.05, 0) is 26.0 Å². The molecule has 0 radical (unpaired) electrons. The highest BCUT2D eigenvalue weighted by Crippen LogP contribution is 2.36. The fourth-order valence-electron chi connectivity index (χ4n) is 2.65. The lowest BCUT2D eigenvalue weighted by Crippen LogP contribution is -2.26. The van der Waals surface area contributed by atoms with E-state index in [4.69, 9.17) is 9.47 Å². The normalized spacial score (nSPS) is 18.3. The summed E-state index contributed by atoms with van der Waals surface area (Å²) in [5.74, 6) is -0.381.